The molecule has 0 aliphatic heterocycles. The van der Waals surface area contributed by atoms with E-state index in [2.05, 4.69) is 36.9 Å². The van der Waals surface area contributed by atoms with Crippen molar-refractivity contribution in [2.24, 2.45) is 0 Å². The highest BCUT2D eigenvalue weighted by molar-refractivity contribution is 5.30. The quantitative estimate of drug-likeness (QED) is 0.684. The summed E-state index contributed by atoms with van der Waals surface area (Å²) in [4.78, 5) is 2.06. The minimum Gasteiger partial charge on any atom is -0.362 e. The maximum absolute atomic E-state index is 5.42. The van der Waals surface area contributed by atoms with Gasteiger partial charge in [-0.1, -0.05) is 18.2 Å². The molecule has 78 valence electrons. The molecular formula is C12H19NO. The van der Waals surface area contributed by atoms with Crippen LogP contribution in [0.25, 0.3) is 0 Å². The van der Waals surface area contributed by atoms with Crippen molar-refractivity contribution in [2.45, 2.75) is 20.1 Å². The van der Waals surface area contributed by atoms with Gasteiger partial charge in [0, 0.05) is 7.11 Å². The lowest BCUT2D eigenvalue weighted by Crippen LogP contribution is -2.21. The summed E-state index contributed by atoms with van der Waals surface area (Å²) in [6, 6.07) is 6.44. The SMILES string of the molecule is COC(c1ccc(C)c(C)c1)N(C)C. The van der Waals surface area contributed by atoms with Crippen molar-refractivity contribution >= 4 is 0 Å². The highest BCUT2D eigenvalue weighted by Gasteiger charge is 2.12. The fourth-order valence-corrected chi connectivity index (χ4v) is 1.56. The first-order valence-corrected chi connectivity index (χ1v) is 4.82. The lowest BCUT2D eigenvalue weighted by atomic mass is 10.1. The van der Waals surface area contributed by atoms with Crippen molar-refractivity contribution in [1.82, 2.24) is 4.90 Å². The van der Waals surface area contributed by atoms with Crippen LogP contribution in [0, 0.1) is 13.8 Å². The molecule has 0 saturated carbocycles. The molecule has 0 aromatic heterocycles. The molecule has 0 aliphatic carbocycles. The van der Waals surface area contributed by atoms with Crippen molar-refractivity contribution in [2.75, 3.05) is 21.2 Å². The van der Waals surface area contributed by atoms with E-state index in [1.54, 1.807) is 7.11 Å². The molecule has 1 atom stereocenters. The lowest BCUT2D eigenvalue weighted by molar-refractivity contribution is -0.00544. The fraction of sp³-hybridized carbons (Fsp3) is 0.500. The summed E-state index contributed by atoms with van der Waals surface area (Å²) in [6.07, 6.45) is 0.0503. The number of ether oxygens (including phenoxy) is 1. The Labute approximate surface area is 86.5 Å². The van der Waals surface area contributed by atoms with Crippen molar-refractivity contribution in [3.8, 4) is 0 Å². The predicted octanol–water partition coefficient (Wildman–Crippen LogP) is 2.51. The summed E-state index contributed by atoms with van der Waals surface area (Å²) in [5.74, 6) is 0. The summed E-state index contributed by atoms with van der Waals surface area (Å²) in [5, 5.41) is 0. The molecule has 0 bridgehead atoms. The first-order valence-electron chi connectivity index (χ1n) is 4.82. The largest absolute Gasteiger partial charge is 0.362 e. The predicted molar refractivity (Wildman–Crippen MR) is 59.4 cm³/mol. The second-order valence-corrected chi connectivity index (χ2v) is 3.90. The van der Waals surface area contributed by atoms with E-state index in [1.807, 2.05) is 14.1 Å². The Hall–Kier alpha value is -0.860. The number of hydrogen-bond acceptors (Lipinski definition) is 2. The van der Waals surface area contributed by atoms with Crippen LogP contribution in [0.5, 0.6) is 0 Å². The van der Waals surface area contributed by atoms with Gasteiger partial charge in [0.05, 0.1) is 0 Å². The van der Waals surface area contributed by atoms with Crippen molar-refractivity contribution < 1.29 is 4.74 Å². The average molecular weight is 193 g/mol. The topological polar surface area (TPSA) is 12.5 Å². The fourth-order valence-electron chi connectivity index (χ4n) is 1.56. The normalized spacial score (nSPS) is 13.3. The molecule has 0 saturated heterocycles. The standard InChI is InChI=1S/C12H19NO/c1-9-6-7-11(8-10(9)2)12(14-5)13(3)4/h6-8,12H,1-5H3. The molecule has 14 heavy (non-hydrogen) atoms. The Bertz CT molecular complexity index is 307. The van der Waals surface area contributed by atoms with Gasteiger partial charge in [-0.05, 0) is 44.6 Å². The summed E-state index contributed by atoms with van der Waals surface area (Å²) >= 11 is 0. The smallest absolute Gasteiger partial charge is 0.135 e. The summed E-state index contributed by atoms with van der Waals surface area (Å²) in [6.45, 7) is 4.25. The molecule has 1 aromatic rings. The average Bonchev–Trinajstić information content (AvgIpc) is 2.11. The first kappa shape index (κ1) is 11.2. The number of hydrogen-bond donors (Lipinski definition) is 0. The molecule has 1 unspecified atom stereocenters. The zero-order chi connectivity index (χ0) is 10.7. The number of rotatable bonds is 3. The molecule has 0 heterocycles. The molecule has 0 N–H and O–H groups in total. The first-order chi connectivity index (χ1) is 6.56. The van der Waals surface area contributed by atoms with Crippen LogP contribution in [-0.4, -0.2) is 26.1 Å². The zero-order valence-electron chi connectivity index (χ0n) is 9.66. The van der Waals surface area contributed by atoms with Gasteiger partial charge in [0.25, 0.3) is 0 Å². The van der Waals surface area contributed by atoms with Gasteiger partial charge in [0.15, 0.2) is 0 Å². The van der Waals surface area contributed by atoms with Gasteiger partial charge in [-0.15, -0.1) is 0 Å². The van der Waals surface area contributed by atoms with Crippen LogP contribution >= 0.6 is 0 Å². The second-order valence-electron chi connectivity index (χ2n) is 3.90. The molecule has 2 nitrogen and oxygen atoms in total. The Morgan fingerprint density at radius 3 is 2.21 bits per heavy atom. The van der Waals surface area contributed by atoms with Crippen LogP contribution < -0.4 is 0 Å². The van der Waals surface area contributed by atoms with E-state index in [1.165, 1.54) is 16.7 Å². The maximum atomic E-state index is 5.42. The Kier molecular flexibility index (Phi) is 3.67. The molecule has 0 aliphatic rings. The molecular weight excluding hydrogens is 174 g/mol. The van der Waals surface area contributed by atoms with Crippen LogP contribution in [0.2, 0.25) is 0 Å². The summed E-state index contributed by atoms with van der Waals surface area (Å²) in [5.41, 5.74) is 3.84. The van der Waals surface area contributed by atoms with Crippen molar-refractivity contribution in [1.29, 1.82) is 0 Å². The molecule has 0 amide bonds. The van der Waals surface area contributed by atoms with Crippen molar-refractivity contribution in [3.05, 3.63) is 34.9 Å². The number of nitrogens with zero attached hydrogens (tertiary/aromatic N) is 1. The molecule has 1 aromatic carbocycles. The van der Waals surface area contributed by atoms with Gasteiger partial charge in [-0.25, -0.2) is 0 Å². The van der Waals surface area contributed by atoms with E-state index < -0.39 is 0 Å². The number of benzene rings is 1. The third kappa shape index (κ3) is 2.34. The minimum atomic E-state index is 0.0503. The lowest BCUT2D eigenvalue weighted by Gasteiger charge is -2.23. The Morgan fingerprint density at radius 1 is 1.14 bits per heavy atom. The molecule has 2 heteroatoms. The number of aryl methyl sites for hydroxylation is 2. The van der Waals surface area contributed by atoms with Gasteiger partial charge in [0.2, 0.25) is 0 Å². The van der Waals surface area contributed by atoms with Crippen LogP contribution in [0.4, 0.5) is 0 Å². The molecule has 0 fully saturated rings. The van der Waals surface area contributed by atoms with E-state index in [-0.39, 0.29) is 6.23 Å². The highest BCUT2D eigenvalue weighted by Crippen LogP contribution is 2.21. The molecule has 0 spiro atoms. The minimum absolute atomic E-state index is 0.0503. The third-order valence-corrected chi connectivity index (χ3v) is 2.51. The molecule has 1 rings (SSSR count). The van der Waals surface area contributed by atoms with E-state index >= 15 is 0 Å². The van der Waals surface area contributed by atoms with Gasteiger partial charge in [-0.3, -0.25) is 4.90 Å². The Balaban J connectivity index is 3.00. The van der Waals surface area contributed by atoms with E-state index in [9.17, 15) is 0 Å². The van der Waals surface area contributed by atoms with Gasteiger partial charge >= 0.3 is 0 Å². The van der Waals surface area contributed by atoms with Crippen LogP contribution in [0.1, 0.15) is 22.9 Å². The second kappa shape index (κ2) is 4.58. The summed E-state index contributed by atoms with van der Waals surface area (Å²) in [7, 11) is 5.77. The summed E-state index contributed by atoms with van der Waals surface area (Å²) < 4.78 is 5.42. The van der Waals surface area contributed by atoms with Crippen molar-refractivity contribution in [3.63, 3.8) is 0 Å². The van der Waals surface area contributed by atoms with Gasteiger partial charge < -0.3 is 4.74 Å². The van der Waals surface area contributed by atoms with Crippen LogP contribution in [0.3, 0.4) is 0 Å². The van der Waals surface area contributed by atoms with E-state index in [0.29, 0.717) is 0 Å². The third-order valence-electron chi connectivity index (χ3n) is 2.51. The number of methoxy groups -OCH3 is 1. The maximum Gasteiger partial charge on any atom is 0.135 e. The van der Waals surface area contributed by atoms with Gasteiger partial charge in [0.1, 0.15) is 6.23 Å². The van der Waals surface area contributed by atoms with Crippen LogP contribution in [0.15, 0.2) is 18.2 Å². The van der Waals surface area contributed by atoms with Crippen LogP contribution in [-0.2, 0) is 4.74 Å². The van der Waals surface area contributed by atoms with E-state index in [0.717, 1.165) is 0 Å². The Morgan fingerprint density at radius 2 is 1.79 bits per heavy atom. The van der Waals surface area contributed by atoms with Gasteiger partial charge in [-0.2, -0.15) is 0 Å². The monoisotopic (exact) mass is 193 g/mol. The zero-order valence-corrected chi connectivity index (χ0v) is 9.66. The molecule has 0 radical (unpaired) electrons. The van der Waals surface area contributed by atoms with E-state index in [4.69, 9.17) is 4.74 Å². The highest BCUT2D eigenvalue weighted by atomic mass is 16.5.